The Hall–Kier alpha value is -1.17. The van der Waals surface area contributed by atoms with Crippen LogP contribution in [0.15, 0.2) is 24.3 Å². The van der Waals surface area contributed by atoms with E-state index in [0.717, 1.165) is 11.8 Å². The molecule has 0 fully saturated rings. The highest BCUT2D eigenvalue weighted by atomic mass is 79.9. The molecule has 0 aromatic heterocycles. The van der Waals surface area contributed by atoms with Gasteiger partial charge in [-0.1, -0.05) is 48.8 Å². The maximum absolute atomic E-state index is 12.4. The van der Waals surface area contributed by atoms with Crippen LogP contribution in [0.5, 0.6) is 5.75 Å². The molecule has 0 saturated heterocycles. The molecule has 1 amide bonds. The average molecular weight is 364 g/mol. The van der Waals surface area contributed by atoms with Gasteiger partial charge in [0.2, 0.25) is 0 Å². The van der Waals surface area contributed by atoms with Gasteiger partial charge in [-0.25, -0.2) is 0 Å². The summed E-state index contributed by atoms with van der Waals surface area (Å²) < 4.78 is 29.1. The second-order valence-electron chi connectivity index (χ2n) is 5.74. The van der Waals surface area contributed by atoms with Crippen molar-refractivity contribution in [2.45, 2.75) is 39.8 Å². The number of rotatable bonds is 6. The molecule has 21 heavy (non-hydrogen) atoms. The summed E-state index contributed by atoms with van der Waals surface area (Å²) in [6.45, 7) is 3.09. The number of ether oxygens (including phenoxy) is 1. The third-order valence-electron chi connectivity index (χ3n) is 3.10. The van der Waals surface area contributed by atoms with E-state index in [4.69, 9.17) is 0 Å². The third-order valence-corrected chi connectivity index (χ3v) is 3.55. The molecule has 0 aliphatic rings. The number of nitrogens with one attached hydrogen (secondary N) is 1. The Morgan fingerprint density at radius 3 is 2.48 bits per heavy atom. The van der Waals surface area contributed by atoms with Crippen molar-refractivity contribution in [2.75, 3.05) is 5.33 Å². The van der Waals surface area contributed by atoms with Crippen LogP contribution in [0.1, 0.15) is 37.6 Å². The molecule has 6 heteroatoms. The third kappa shape index (κ3) is 5.61. The Morgan fingerprint density at radius 2 is 1.95 bits per heavy atom. The summed E-state index contributed by atoms with van der Waals surface area (Å²) in [7, 11) is 0. The minimum atomic E-state index is -2.96. The Kier molecular flexibility index (Phi) is 6.58. The number of amides is 1. The normalized spacial score (nSPS) is 13.1. The lowest BCUT2D eigenvalue weighted by Crippen LogP contribution is -2.44. The van der Waals surface area contributed by atoms with Crippen LogP contribution < -0.4 is 10.1 Å². The Morgan fingerprint density at radius 1 is 1.33 bits per heavy atom. The van der Waals surface area contributed by atoms with Crippen LogP contribution in [0.25, 0.3) is 0 Å². The van der Waals surface area contributed by atoms with Crippen LogP contribution in [0.2, 0.25) is 0 Å². The van der Waals surface area contributed by atoms with Crippen molar-refractivity contribution < 1.29 is 18.3 Å². The molecule has 0 aliphatic carbocycles. The molecule has 118 valence electrons. The summed E-state index contributed by atoms with van der Waals surface area (Å²) in [5.74, 6) is -0.524. The molecule has 1 unspecified atom stereocenters. The van der Waals surface area contributed by atoms with Gasteiger partial charge in [0.1, 0.15) is 5.75 Å². The van der Waals surface area contributed by atoms with Crippen molar-refractivity contribution in [3.8, 4) is 5.75 Å². The van der Waals surface area contributed by atoms with Gasteiger partial charge in [-0.05, 0) is 24.0 Å². The largest absolute Gasteiger partial charge is 0.434 e. The number of hydrogen-bond acceptors (Lipinski definition) is 2. The number of carbonyl (C=O) groups excluding carboxylic acids is 1. The van der Waals surface area contributed by atoms with E-state index in [9.17, 15) is 13.6 Å². The maximum atomic E-state index is 12.4. The minimum Gasteiger partial charge on any atom is -0.434 e. The summed E-state index contributed by atoms with van der Waals surface area (Å²) in [5, 5.41) is 3.63. The lowest BCUT2D eigenvalue weighted by Gasteiger charge is -2.31. The Bertz CT molecular complexity index is 475. The molecule has 0 heterocycles. The first-order valence-corrected chi connectivity index (χ1v) is 7.78. The van der Waals surface area contributed by atoms with E-state index in [2.05, 4.69) is 26.0 Å². The van der Waals surface area contributed by atoms with Crippen LogP contribution in [0, 0.1) is 5.41 Å². The van der Waals surface area contributed by atoms with Gasteiger partial charge in [0, 0.05) is 11.4 Å². The van der Waals surface area contributed by atoms with Crippen molar-refractivity contribution in [3.05, 3.63) is 29.8 Å². The Labute approximate surface area is 132 Å². The topological polar surface area (TPSA) is 38.3 Å². The molecule has 1 aromatic rings. The van der Waals surface area contributed by atoms with Gasteiger partial charge < -0.3 is 10.1 Å². The van der Waals surface area contributed by atoms with Gasteiger partial charge in [0.25, 0.3) is 5.91 Å². The summed E-state index contributed by atoms with van der Waals surface area (Å²) in [5.41, 5.74) is -0.0243. The molecule has 0 aliphatic heterocycles. The zero-order valence-corrected chi connectivity index (χ0v) is 13.9. The van der Waals surface area contributed by atoms with Crippen molar-refractivity contribution in [2.24, 2.45) is 5.41 Å². The fourth-order valence-electron chi connectivity index (χ4n) is 1.92. The van der Waals surface area contributed by atoms with Crippen LogP contribution in [-0.4, -0.2) is 23.9 Å². The standard InChI is InChI=1S/C15H20BrF2NO2/c1-15(2,3)12(8-9-16)19-13(20)10-6-4-5-7-11(10)21-14(17)18/h4-7,12,14H,8-9H2,1-3H3,(H,19,20). The predicted molar refractivity (Wildman–Crippen MR) is 82.2 cm³/mol. The van der Waals surface area contributed by atoms with Crippen LogP contribution in [0.3, 0.4) is 0 Å². The number of halogens is 3. The molecular weight excluding hydrogens is 344 g/mol. The van der Waals surface area contributed by atoms with Crippen LogP contribution in [-0.2, 0) is 0 Å². The van der Waals surface area contributed by atoms with Gasteiger partial charge in [-0.2, -0.15) is 8.78 Å². The number of alkyl halides is 3. The number of hydrogen-bond donors (Lipinski definition) is 1. The Balaban J connectivity index is 2.92. The highest BCUT2D eigenvalue weighted by molar-refractivity contribution is 9.09. The molecule has 3 nitrogen and oxygen atoms in total. The van der Waals surface area contributed by atoms with E-state index < -0.39 is 12.5 Å². The smallest absolute Gasteiger partial charge is 0.387 e. The van der Waals surface area contributed by atoms with Crippen molar-refractivity contribution in [1.29, 1.82) is 0 Å². The molecule has 1 N–H and O–H groups in total. The molecule has 1 atom stereocenters. The van der Waals surface area contributed by atoms with Crippen LogP contribution >= 0.6 is 15.9 Å². The molecule has 0 bridgehead atoms. The summed E-state index contributed by atoms with van der Waals surface area (Å²) >= 11 is 3.36. The van der Waals surface area contributed by atoms with E-state index in [1.807, 2.05) is 20.8 Å². The highest BCUT2D eigenvalue weighted by Gasteiger charge is 2.27. The lowest BCUT2D eigenvalue weighted by molar-refractivity contribution is -0.0501. The second kappa shape index (κ2) is 7.73. The van der Waals surface area contributed by atoms with Gasteiger partial charge in [-0.15, -0.1) is 0 Å². The first-order chi connectivity index (χ1) is 9.75. The van der Waals surface area contributed by atoms with Gasteiger partial charge in [0.15, 0.2) is 0 Å². The van der Waals surface area contributed by atoms with Crippen molar-refractivity contribution in [1.82, 2.24) is 5.32 Å². The zero-order chi connectivity index (χ0) is 16.0. The quantitative estimate of drug-likeness (QED) is 0.768. The van der Waals surface area contributed by atoms with E-state index in [0.29, 0.717) is 0 Å². The van der Waals surface area contributed by atoms with E-state index in [1.165, 1.54) is 12.1 Å². The summed E-state index contributed by atoms with van der Waals surface area (Å²) in [6.07, 6.45) is 0.743. The maximum Gasteiger partial charge on any atom is 0.387 e. The number of carbonyl (C=O) groups is 1. The molecule has 0 saturated carbocycles. The fraction of sp³-hybridized carbons (Fsp3) is 0.533. The van der Waals surface area contributed by atoms with E-state index >= 15 is 0 Å². The van der Waals surface area contributed by atoms with E-state index in [1.54, 1.807) is 12.1 Å². The number of benzene rings is 1. The number of para-hydroxylation sites is 1. The van der Waals surface area contributed by atoms with Crippen molar-refractivity contribution >= 4 is 21.8 Å². The highest BCUT2D eigenvalue weighted by Crippen LogP contribution is 2.25. The molecule has 1 rings (SSSR count). The fourth-order valence-corrected chi connectivity index (χ4v) is 2.38. The summed E-state index contributed by atoms with van der Waals surface area (Å²) in [4.78, 5) is 12.3. The van der Waals surface area contributed by atoms with Gasteiger partial charge >= 0.3 is 6.61 Å². The molecule has 0 spiro atoms. The predicted octanol–water partition coefficient (Wildman–Crippen LogP) is 4.22. The van der Waals surface area contributed by atoms with Gasteiger partial charge in [0.05, 0.1) is 5.56 Å². The second-order valence-corrected chi connectivity index (χ2v) is 6.54. The monoisotopic (exact) mass is 363 g/mol. The average Bonchev–Trinajstić information content (AvgIpc) is 2.37. The summed E-state index contributed by atoms with van der Waals surface area (Å²) in [6, 6.07) is 5.92. The SMILES string of the molecule is CC(C)(C)C(CCBr)NC(=O)c1ccccc1OC(F)F. The molecule has 1 aromatic carbocycles. The van der Waals surface area contributed by atoms with Gasteiger partial charge in [-0.3, -0.25) is 4.79 Å². The minimum absolute atomic E-state index is 0.0796. The first kappa shape index (κ1) is 17.9. The first-order valence-electron chi connectivity index (χ1n) is 6.66. The van der Waals surface area contributed by atoms with E-state index in [-0.39, 0.29) is 22.8 Å². The molecule has 0 radical (unpaired) electrons. The zero-order valence-electron chi connectivity index (χ0n) is 12.3. The molecular formula is C15H20BrF2NO2. The van der Waals surface area contributed by atoms with Crippen molar-refractivity contribution in [3.63, 3.8) is 0 Å². The van der Waals surface area contributed by atoms with Crippen LogP contribution in [0.4, 0.5) is 8.78 Å². The lowest BCUT2D eigenvalue weighted by atomic mass is 9.85.